The highest BCUT2D eigenvalue weighted by atomic mass is 79.9. The number of nitrogens with one attached hydrogen (secondary N) is 1. The SMILES string of the molecule is Cc1ccc(OC(C)C(=O)Nc2cccc(Br)c2)c([N+](=O)[O-])c1. The summed E-state index contributed by atoms with van der Waals surface area (Å²) in [6.07, 6.45) is -0.879. The lowest BCUT2D eigenvalue weighted by Gasteiger charge is -2.15. The second kappa shape index (κ2) is 7.23. The van der Waals surface area contributed by atoms with Crippen LogP contribution < -0.4 is 10.1 Å². The summed E-state index contributed by atoms with van der Waals surface area (Å²) in [5.41, 5.74) is 1.20. The third-order valence-electron chi connectivity index (χ3n) is 3.08. The van der Waals surface area contributed by atoms with Gasteiger partial charge in [-0.15, -0.1) is 0 Å². The molecule has 2 aromatic rings. The highest BCUT2D eigenvalue weighted by Crippen LogP contribution is 2.28. The van der Waals surface area contributed by atoms with Crippen molar-refractivity contribution in [2.24, 2.45) is 0 Å². The van der Waals surface area contributed by atoms with Gasteiger partial charge in [0.25, 0.3) is 5.91 Å². The van der Waals surface area contributed by atoms with Crippen LogP contribution in [0.5, 0.6) is 5.75 Å². The van der Waals surface area contributed by atoms with Crippen molar-refractivity contribution < 1.29 is 14.5 Å². The van der Waals surface area contributed by atoms with Gasteiger partial charge in [-0.3, -0.25) is 14.9 Å². The Morgan fingerprint density at radius 1 is 1.30 bits per heavy atom. The zero-order chi connectivity index (χ0) is 17.0. The monoisotopic (exact) mass is 378 g/mol. The summed E-state index contributed by atoms with van der Waals surface area (Å²) < 4.78 is 6.29. The molecule has 1 N–H and O–H groups in total. The highest BCUT2D eigenvalue weighted by Gasteiger charge is 2.21. The van der Waals surface area contributed by atoms with Crippen molar-refractivity contribution in [2.45, 2.75) is 20.0 Å². The molecule has 2 aromatic carbocycles. The van der Waals surface area contributed by atoms with E-state index in [2.05, 4.69) is 21.2 Å². The number of hydrogen-bond donors (Lipinski definition) is 1. The van der Waals surface area contributed by atoms with Gasteiger partial charge in [0.2, 0.25) is 0 Å². The molecule has 23 heavy (non-hydrogen) atoms. The van der Waals surface area contributed by atoms with Crippen molar-refractivity contribution in [3.63, 3.8) is 0 Å². The summed E-state index contributed by atoms with van der Waals surface area (Å²) in [7, 11) is 0. The van der Waals surface area contributed by atoms with E-state index in [1.807, 2.05) is 6.07 Å². The van der Waals surface area contributed by atoms with Crippen LogP contribution in [0.15, 0.2) is 46.9 Å². The largest absolute Gasteiger partial charge is 0.474 e. The van der Waals surface area contributed by atoms with Crippen LogP contribution in [0.4, 0.5) is 11.4 Å². The van der Waals surface area contributed by atoms with Gasteiger partial charge in [-0.25, -0.2) is 0 Å². The first kappa shape index (κ1) is 17.0. The van der Waals surface area contributed by atoms with Crippen LogP contribution in [-0.2, 0) is 4.79 Å². The fraction of sp³-hybridized carbons (Fsp3) is 0.188. The van der Waals surface area contributed by atoms with E-state index in [-0.39, 0.29) is 11.4 Å². The summed E-state index contributed by atoms with van der Waals surface area (Å²) in [5, 5.41) is 13.8. The van der Waals surface area contributed by atoms with E-state index < -0.39 is 16.9 Å². The number of nitro groups is 1. The normalized spacial score (nSPS) is 11.6. The highest BCUT2D eigenvalue weighted by molar-refractivity contribution is 9.10. The van der Waals surface area contributed by atoms with Crippen molar-refractivity contribution in [1.29, 1.82) is 0 Å². The lowest BCUT2D eigenvalue weighted by atomic mass is 10.2. The molecule has 0 saturated heterocycles. The Morgan fingerprint density at radius 2 is 2.04 bits per heavy atom. The third-order valence-corrected chi connectivity index (χ3v) is 3.57. The van der Waals surface area contributed by atoms with Gasteiger partial charge in [-0.1, -0.05) is 28.1 Å². The number of ether oxygens (including phenoxy) is 1. The minimum Gasteiger partial charge on any atom is -0.474 e. The number of anilines is 1. The van der Waals surface area contributed by atoms with Gasteiger partial charge in [-0.05, 0) is 43.7 Å². The van der Waals surface area contributed by atoms with Gasteiger partial charge in [-0.2, -0.15) is 0 Å². The number of rotatable bonds is 5. The molecule has 0 bridgehead atoms. The Bertz CT molecular complexity index is 749. The summed E-state index contributed by atoms with van der Waals surface area (Å²) >= 11 is 3.32. The first-order valence-corrected chi connectivity index (χ1v) is 7.64. The molecule has 0 aliphatic heterocycles. The molecule has 6 nitrogen and oxygen atoms in total. The lowest BCUT2D eigenvalue weighted by Crippen LogP contribution is -2.30. The number of hydrogen-bond acceptors (Lipinski definition) is 4. The maximum Gasteiger partial charge on any atom is 0.311 e. The Morgan fingerprint density at radius 3 is 2.70 bits per heavy atom. The van der Waals surface area contributed by atoms with E-state index in [0.29, 0.717) is 5.69 Å². The van der Waals surface area contributed by atoms with Crippen LogP contribution in [0.25, 0.3) is 0 Å². The lowest BCUT2D eigenvalue weighted by molar-refractivity contribution is -0.386. The van der Waals surface area contributed by atoms with Crippen LogP contribution in [0.1, 0.15) is 12.5 Å². The number of nitrogens with zero attached hydrogens (tertiary/aromatic N) is 1. The molecule has 0 aromatic heterocycles. The minimum absolute atomic E-state index is 0.0671. The molecule has 0 aliphatic carbocycles. The maximum absolute atomic E-state index is 12.2. The van der Waals surface area contributed by atoms with Gasteiger partial charge in [0, 0.05) is 16.2 Å². The van der Waals surface area contributed by atoms with Crippen LogP contribution in [0.2, 0.25) is 0 Å². The van der Waals surface area contributed by atoms with Crippen LogP contribution in [-0.4, -0.2) is 16.9 Å². The van der Waals surface area contributed by atoms with E-state index >= 15 is 0 Å². The molecular formula is C16H15BrN2O4. The molecule has 1 amide bonds. The zero-order valence-electron chi connectivity index (χ0n) is 12.6. The van der Waals surface area contributed by atoms with Gasteiger partial charge < -0.3 is 10.1 Å². The fourth-order valence-corrected chi connectivity index (χ4v) is 2.32. The smallest absolute Gasteiger partial charge is 0.311 e. The number of nitro benzene ring substituents is 1. The molecular weight excluding hydrogens is 364 g/mol. The maximum atomic E-state index is 12.2. The van der Waals surface area contributed by atoms with Gasteiger partial charge in [0.1, 0.15) is 0 Å². The molecule has 2 rings (SSSR count). The number of amides is 1. The van der Waals surface area contributed by atoms with Crippen molar-refractivity contribution in [1.82, 2.24) is 0 Å². The third kappa shape index (κ3) is 4.53. The molecule has 1 atom stereocenters. The van der Waals surface area contributed by atoms with Crippen LogP contribution >= 0.6 is 15.9 Å². The Balaban J connectivity index is 2.11. The number of carbonyl (C=O) groups excluding carboxylic acids is 1. The number of halogens is 1. The molecule has 1 unspecified atom stereocenters. The predicted molar refractivity (Wildman–Crippen MR) is 90.7 cm³/mol. The first-order chi connectivity index (χ1) is 10.9. The van der Waals surface area contributed by atoms with Gasteiger partial charge >= 0.3 is 5.69 Å². The summed E-state index contributed by atoms with van der Waals surface area (Å²) in [6.45, 7) is 3.29. The fourth-order valence-electron chi connectivity index (χ4n) is 1.92. The quantitative estimate of drug-likeness (QED) is 0.627. The number of benzene rings is 2. The first-order valence-electron chi connectivity index (χ1n) is 6.85. The van der Waals surface area contributed by atoms with Crippen LogP contribution in [0.3, 0.4) is 0 Å². The van der Waals surface area contributed by atoms with E-state index in [4.69, 9.17) is 4.74 Å². The Kier molecular flexibility index (Phi) is 5.33. The topological polar surface area (TPSA) is 81.5 Å². The van der Waals surface area contributed by atoms with E-state index in [1.165, 1.54) is 19.1 Å². The molecule has 7 heteroatoms. The zero-order valence-corrected chi connectivity index (χ0v) is 14.2. The van der Waals surface area contributed by atoms with Crippen molar-refractivity contribution >= 4 is 33.2 Å². The summed E-state index contributed by atoms with van der Waals surface area (Å²) in [4.78, 5) is 22.7. The Hall–Kier alpha value is -2.41. The van der Waals surface area contributed by atoms with Crippen molar-refractivity contribution in [3.05, 3.63) is 62.6 Å². The molecule has 0 spiro atoms. The van der Waals surface area contributed by atoms with Gasteiger partial charge in [0.05, 0.1) is 4.92 Å². The molecule has 0 radical (unpaired) electrons. The van der Waals surface area contributed by atoms with Crippen molar-refractivity contribution in [2.75, 3.05) is 5.32 Å². The molecule has 0 saturated carbocycles. The van der Waals surface area contributed by atoms with E-state index in [1.54, 1.807) is 31.2 Å². The second-order valence-electron chi connectivity index (χ2n) is 4.99. The minimum atomic E-state index is -0.879. The predicted octanol–water partition coefficient (Wildman–Crippen LogP) is 4.07. The van der Waals surface area contributed by atoms with Crippen LogP contribution in [0, 0.1) is 17.0 Å². The van der Waals surface area contributed by atoms with Gasteiger partial charge in [0.15, 0.2) is 11.9 Å². The van der Waals surface area contributed by atoms with E-state index in [0.717, 1.165) is 10.0 Å². The second-order valence-corrected chi connectivity index (χ2v) is 5.90. The van der Waals surface area contributed by atoms with Crippen molar-refractivity contribution in [3.8, 4) is 5.75 Å². The molecule has 120 valence electrons. The average Bonchev–Trinajstić information content (AvgIpc) is 2.48. The number of carbonyl (C=O) groups is 1. The molecule has 0 fully saturated rings. The summed E-state index contributed by atoms with van der Waals surface area (Å²) in [5.74, 6) is -0.324. The number of aryl methyl sites for hydroxylation is 1. The molecule has 0 aliphatic rings. The molecule has 0 heterocycles. The summed E-state index contributed by atoms with van der Waals surface area (Å²) in [6, 6.07) is 11.7. The van der Waals surface area contributed by atoms with E-state index in [9.17, 15) is 14.9 Å². The Labute approximate surface area is 141 Å². The standard InChI is InChI=1S/C16H15BrN2O4/c1-10-6-7-15(14(8-10)19(21)22)23-11(2)16(20)18-13-5-3-4-12(17)9-13/h3-9,11H,1-2H3,(H,18,20). The average molecular weight is 379 g/mol.